The summed E-state index contributed by atoms with van der Waals surface area (Å²) >= 11 is 6.98. The fourth-order valence-corrected chi connectivity index (χ4v) is 4.15. The maximum atomic E-state index is 12.3. The summed E-state index contributed by atoms with van der Waals surface area (Å²) in [4.78, 5) is 14.9. The van der Waals surface area contributed by atoms with Crippen LogP contribution < -0.4 is 10.5 Å². The maximum absolute atomic E-state index is 12.3. The summed E-state index contributed by atoms with van der Waals surface area (Å²) in [6, 6.07) is 2.77. The van der Waals surface area contributed by atoms with E-state index in [0.29, 0.717) is 11.3 Å². The second-order valence-electron chi connectivity index (χ2n) is 4.34. The van der Waals surface area contributed by atoms with E-state index in [0.717, 1.165) is 11.3 Å². The number of aromatic nitrogens is 1. The van der Waals surface area contributed by atoms with Gasteiger partial charge in [0.25, 0.3) is 10.0 Å². The molecule has 0 fully saturated rings. The number of sulfonamides is 1. The Morgan fingerprint density at radius 2 is 2.10 bits per heavy atom. The fraction of sp³-hybridized carbons (Fsp3) is 0.167. The molecule has 0 aliphatic carbocycles. The van der Waals surface area contributed by atoms with Gasteiger partial charge in [-0.05, 0) is 24.6 Å². The summed E-state index contributed by atoms with van der Waals surface area (Å²) in [7, 11) is -3.92. The van der Waals surface area contributed by atoms with E-state index in [-0.39, 0.29) is 26.5 Å². The molecule has 2 aromatic rings. The molecule has 0 aliphatic heterocycles. The lowest BCUT2D eigenvalue weighted by molar-refractivity contribution is 0.101. The quantitative estimate of drug-likeness (QED) is 0.655. The van der Waals surface area contributed by atoms with E-state index in [1.807, 2.05) is 0 Å². The van der Waals surface area contributed by atoms with Gasteiger partial charge in [-0.2, -0.15) is 0 Å². The Balaban J connectivity index is 2.38. The van der Waals surface area contributed by atoms with Crippen molar-refractivity contribution in [1.82, 2.24) is 4.98 Å². The predicted molar refractivity (Wildman–Crippen MR) is 83.5 cm³/mol. The van der Waals surface area contributed by atoms with Crippen molar-refractivity contribution >= 4 is 49.6 Å². The van der Waals surface area contributed by atoms with Crippen molar-refractivity contribution in [2.75, 3.05) is 10.5 Å². The van der Waals surface area contributed by atoms with Crippen molar-refractivity contribution in [3.05, 3.63) is 33.8 Å². The molecule has 0 bridgehead atoms. The number of nitrogens with zero attached hydrogens (tertiary/aromatic N) is 1. The van der Waals surface area contributed by atoms with Crippen LogP contribution in [0.25, 0.3) is 0 Å². The molecule has 21 heavy (non-hydrogen) atoms. The number of nitrogens with one attached hydrogen (secondary N) is 1. The lowest BCUT2D eigenvalue weighted by atomic mass is 10.2. The van der Waals surface area contributed by atoms with Gasteiger partial charge in [0.05, 0.1) is 5.02 Å². The zero-order valence-electron chi connectivity index (χ0n) is 11.2. The summed E-state index contributed by atoms with van der Waals surface area (Å²) in [5.41, 5.74) is 6.93. The van der Waals surface area contributed by atoms with E-state index in [4.69, 9.17) is 17.3 Å². The number of benzene rings is 1. The number of halogens is 1. The molecule has 2 rings (SSSR count). The van der Waals surface area contributed by atoms with Crippen molar-refractivity contribution in [3.8, 4) is 0 Å². The number of nitrogens with two attached hydrogens (primary N) is 1. The molecular weight excluding hydrogens is 334 g/mol. The standard InChI is InChI=1S/C12H12ClN3O3S2/c1-6-3-8(13)11(4-9(6)14)21(18,19)16-12-15-10(5-20-12)7(2)17/h3-5H,14H2,1-2H3,(H,15,16). The van der Waals surface area contributed by atoms with E-state index >= 15 is 0 Å². The van der Waals surface area contributed by atoms with Crippen LogP contribution in [0.2, 0.25) is 5.02 Å². The van der Waals surface area contributed by atoms with Crippen LogP contribution in [0.4, 0.5) is 10.8 Å². The van der Waals surface area contributed by atoms with Crippen molar-refractivity contribution in [3.63, 3.8) is 0 Å². The molecule has 9 heteroatoms. The number of ketones is 1. The van der Waals surface area contributed by atoms with Gasteiger partial charge in [-0.15, -0.1) is 11.3 Å². The maximum Gasteiger partial charge on any atom is 0.265 e. The highest BCUT2D eigenvalue weighted by Gasteiger charge is 2.21. The lowest BCUT2D eigenvalue weighted by Gasteiger charge is -2.09. The number of hydrogen-bond acceptors (Lipinski definition) is 6. The molecule has 0 spiro atoms. The number of Topliss-reactive ketones (excluding diaryl/α,β-unsaturated/α-hetero) is 1. The molecule has 0 atom stereocenters. The number of anilines is 2. The number of nitrogen functional groups attached to an aromatic ring is 1. The normalized spacial score (nSPS) is 11.4. The third-order valence-corrected chi connectivity index (χ3v) is 5.39. The first-order chi connectivity index (χ1) is 9.70. The Morgan fingerprint density at radius 1 is 1.43 bits per heavy atom. The summed E-state index contributed by atoms with van der Waals surface area (Å²) in [5.74, 6) is -0.241. The van der Waals surface area contributed by atoms with Gasteiger partial charge in [-0.25, -0.2) is 13.4 Å². The Bertz CT molecular complexity index is 815. The average Bonchev–Trinajstić information content (AvgIpc) is 2.81. The van der Waals surface area contributed by atoms with E-state index in [2.05, 4.69) is 9.71 Å². The minimum absolute atomic E-state index is 0.0672. The predicted octanol–water partition coefficient (Wildman–Crippen LogP) is 2.69. The molecule has 0 unspecified atom stereocenters. The number of aryl methyl sites for hydroxylation is 1. The van der Waals surface area contributed by atoms with Crippen LogP contribution in [0.1, 0.15) is 23.0 Å². The second kappa shape index (κ2) is 5.63. The highest BCUT2D eigenvalue weighted by Crippen LogP contribution is 2.29. The van der Waals surface area contributed by atoms with Crippen molar-refractivity contribution in [2.24, 2.45) is 0 Å². The summed E-state index contributed by atoms with van der Waals surface area (Å²) in [6.45, 7) is 3.08. The second-order valence-corrected chi connectivity index (χ2v) is 7.25. The number of thiazole rings is 1. The van der Waals surface area contributed by atoms with Crippen LogP contribution in [0.15, 0.2) is 22.4 Å². The number of rotatable bonds is 4. The van der Waals surface area contributed by atoms with Crippen LogP contribution in [0.5, 0.6) is 0 Å². The minimum atomic E-state index is -3.92. The number of hydrogen-bond donors (Lipinski definition) is 2. The molecule has 0 saturated carbocycles. The highest BCUT2D eigenvalue weighted by molar-refractivity contribution is 7.93. The molecule has 112 valence electrons. The molecule has 1 aromatic heterocycles. The third-order valence-electron chi connectivity index (χ3n) is 2.70. The Hall–Kier alpha value is -1.64. The van der Waals surface area contributed by atoms with E-state index in [1.54, 1.807) is 6.92 Å². The summed E-state index contributed by atoms with van der Waals surface area (Å²) in [6.07, 6.45) is 0. The largest absolute Gasteiger partial charge is 0.398 e. The van der Waals surface area contributed by atoms with Gasteiger partial charge in [-0.3, -0.25) is 9.52 Å². The van der Waals surface area contributed by atoms with Crippen molar-refractivity contribution < 1.29 is 13.2 Å². The number of carbonyl (C=O) groups is 1. The first kappa shape index (κ1) is 15.7. The van der Waals surface area contributed by atoms with Gasteiger partial charge >= 0.3 is 0 Å². The fourth-order valence-electron chi connectivity index (χ4n) is 1.53. The van der Waals surface area contributed by atoms with Crippen molar-refractivity contribution in [2.45, 2.75) is 18.7 Å². The smallest absolute Gasteiger partial charge is 0.265 e. The lowest BCUT2D eigenvalue weighted by Crippen LogP contribution is -2.14. The Kier molecular flexibility index (Phi) is 4.22. The monoisotopic (exact) mass is 345 g/mol. The first-order valence-corrected chi connectivity index (χ1v) is 8.49. The molecule has 3 N–H and O–H groups in total. The van der Waals surface area contributed by atoms with Crippen molar-refractivity contribution in [1.29, 1.82) is 0 Å². The first-order valence-electron chi connectivity index (χ1n) is 5.75. The highest BCUT2D eigenvalue weighted by atomic mass is 35.5. The van der Waals surface area contributed by atoms with Crippen LogP contribution in [-0.4, -0.2) is 19.2 Å². The third kappa shape index (κ3) is 3.34. The minimum Gasteiger partial charge on any atom is -0.398 e. The number of carbonyl (C=O) groups excluding carboxylic acids is 1. The van der Waals surface area contributed by atoms with Gasteiger partial charge < -0.3 is 5.73 Å². The topological polar surface area (TPSA) is 102 Å². The Morgan fingerprint density at radius 3 is 2.67 bits per heavy atom. The van der Waals surface area contributed by atoms with Gasteiger partial charge in [0, 0.05) is 18.0 Å². The van der Waals surface area contributed by atoms with Crippen LogP contribution in [-0.2, 0) is 10.0 Å². The average molecular weight is 346 g/mol. The summed E-state index contributed by atoms with van der Waals surface area (Å²) < 4.78 is 26.9. The molecular formula is C12H12ClN3O3S2. The molecule has 0 amide bonds. The van der Waals surface area contributed by atoms with Crippen LogP contribution in [0, 0.1) is 6.92 Å². The zero-order valence-corrected chi connectivity index (χ0v) is 13.6. The molecule has 0 radical (unpaired) electrons. The SMILES string of the molecule is CC(=O)c1csc(NS(=O)(=O)c2cc(N)c(C)cc2Cl)n1. The van der Waals surface area contributed by atoms with E-state index in [9.17, 15) is 13.2 Å². The summed E-state index contributed by atoms with van der Waals surface area (Å²) in [5, 5.41) is 1.64. The van der Waals surface area contributed by atoms with Crippen LogP contribution >= 0.6 is 22.9 Å². The van der Waals surface area contributed by atoms with Gasteiger partial charge in [0.1, 0.15) is 10.6 Å². The van der Waals surface area contributed by atoms with Gasteiger partial charge in [0.2, 0.25) is 0 Å². The zero-order chi connectivity index (χ0) is 15.8. The Labute approximate surface area is 131 Å². The van der Waals surface area contributed by atoms with Gasteiger partial charge in [0.15, 0.2) is 10.9 Å². The molecule has 0 aliphatic rings. The molecule has 6 nitrogen and oxygen atoms in total. The molecule has 1 aromatic carbocycles. The van der Waals surface area contributed by atoms with Crippen LogP contribution in [0.3, 0.4) is 0 Å². The van der Waals surface area contributed by atoms with E-state index < -0.39 is 10.0 Å². The van der Waals surface area contributed by atoms with Gasteiger partial charge in [-0.1, -0.05) is 11.6 Å². The molecule has 0 saturated heterocycles. The van der Waals surface area contributed by atoms with E-state index in [1.165, 1.54) is 24.4 Å². The molecule has 1 heterocycles.